The molecule has 2 saturated heterocycles. The molecule has 30 heavy (non-hydrogen) atoms. The molecule has 5 nitrogen and oxygen atoms in total. The minimum atomic E-state index is 0. The summed E-state index contributed by atoms with van der Waals surface area (Å²) < 4.78 is 11.3. The first kappa shape index (κ1) is 25.4. The zero-order valence-electron chi connectivity index (χ0n) is 18.7. The third-order valence-corrected chi connectivity index (χ3v) is 6.17. The highest BCUT2D eigenvalue weighted by Gasteiger charge is 2.28. The Bertz CT molecular complexity index is 608. The molecule has 2 fully saturated rings. The van der Waals surface area contributed by atoms with Gasteiger partial charge in [0.15, 0.2) is 5.96 Å². The molecule has 1 aromatic rings. The molecule has 0 amide bonds. The molecule has 0 bridgehead atoms. The van der Waals surface area contributed by atoms with Crippen LogP contribution in [0.2, 0.25) is 0 Å². The molecule has 0 saturated carbocycles. The van der Waals surface area contributed by atoms with Crippen LogP contribution in [0.25, 0.3) is 0 Å². The number of halogens is 1. The van der Waals surface area contributed by atoms with Gasteiger partial charge in [-0.15, -0.1) is 24.0 Å². The first-order valence-corrected chi connectivity index (χ1v) is 11.5. The molecule has 2 heterocycles. The minimum Gasteiger partial charge on any atom is -0.381 e. The monoisotopic (exact) mass is 529 g/mol. The highest BCUT2D eigenvalue weighted by molar-refractivity contribution is 14.0. The van der Waals surface area contributed by atoms with Gasteiger partial charge in [-0.25, -0.2) is 0 Å². The van der Waals surface area contributed by atoms with Gasteiger partial charge in [-0.1, -0.05) is 37.3 Å². The minimum absolute atomic E-state index is 0. The Morgan fingerprint density at radius 1 is 1.20 bits per heavy atom. The largest absolute Gasteiger partial charge is 0.381 e. The number of rotatable bonds is 8. The van der Waals surface area contributed by atoms with Crippen LogP contribution in [0.3, 0.4) is 0 Å². The van der Waals surface area contributed by atoms with Crippen LogP contribution < -0.4 is 5.32 Å². The summed E-state index contributed by atoms with van der Waals surface area (Å²) in [7, 11) is 0. The average Bonchev–Trinajstić information content (AvgIpc) is 2.76. The number of piperidine rings is 1. The van der Waals surface area contributed by atoms with Crippen LogP contribution in [0.1, 0.15) is 51.0 Å². The van der Waals surface area contributed by atoms with E-state index in [2.05, 4.69) is 54.4 Å². The molecule has 2 atom stereocenters. The summed E-state index contributed by atoms with van der Waals surface area (Å²) in [5, 5.41) is 3.49. The van der Waals surface area contributed by atoms with E-state index in [1.165, 1.54) is 12.0 Å². The maximum atomic E-state index is 5.88. The summed E-state index contributed by atoms with van der Waals surface area (Å²) >= 11 is 0. The summed E-state index contributed by atoms with van der Waals surface area (Å²) in [4.78, 5) is 7.33. The van der Waals surface area contributed by atoms with Crippen molar-refractivity contribution in [2.24, 2.45) is 16.8 Å². The molecule has 2 aliphatic rings. The predicted octanol–water partition coefficient (Wildman–Crippen LogP) is 4.53. The Morgan fingerprint density at radius 2 is 1.97 bits per heavy atom. The van der Waals surface area contributed by atoms with Gasteiger partial charge in [0.25, 0.3) is 0 Å². The Balaban J connectivity index is 0.00000320. The maximum absolute atomic E-state index is 5.88. The van der Waals surface area contributed by atoms with Gasteiger partial charge in [-0.05, 0) is 55.9 Å². The van der Waals surface area contributed by atoms with Crippen molar-refractivity contribution in [1.29, 1.82) is 0 Å². The molecule has 0 aromatic heterocycles. The quantitative estimate of drug-likeness (QED) is 0.233. The van der Waals surface area contributed by atoms with Gasteiger partial charge < -0.3 is 19.7 Å². The zero-order chi connectivity index (χ0) is 20.3. The van der Waals surface area contributed by atoms with Crippen molar-refractivity contribution in [3.05, 3.63) is 35.9 Å². The number of guanidine groups is 1. The lowest BCUT2D eigenvalue weighted by Crippen LogP contribution is -2.48. The first-order valence-electron chi connectivity index (χ1n) is 11.5. The SMILES string of the molecule is CCNC(=NCCCOCC1CCOCC1)N1CCC(c2ccccc2)C(C)C1.I. The highest BCUT2D eigenvalue weighted by Crippen LogP contribution is 2.32. The molecule has 170 valence electrons. The summed E-state index contributed by atoms with van der Waals surface area (Å²) in [5.41, 5.74) is 1.48. The van der Waals surface area contributed by atoms with Crippen molar-refractivity contribution < 1.29 is 9.47 Å². The fourth-order valence-electron chi connectivity index (χ4n) is 4.47. The van der Waals surface area contributed by atoms with Crippen molar-refractivity contribution in [3.8, 4) is 0 Å². The molecule has 1 aromatic carbocycles. The smallest absolute Gasteiger partial charge is 0.193 e. The Kier molecular flexibility index (Phi) is 12.1. The van der Waals surface area contributed by atoms with Gasteiger partial charge in [0.2, 0.25) is 0 Å². The summed E-state index contributed by atoms with van der Waals surface area (Å²) in [5.74, 6) is 3.01. The lowest BCUT2D eigenvalue weighted by molar-refractivity contribution is 0.0205. The van der Waals surface area contributed by atoms with Crippen LogP contribution in [0.5, 0.6) is 0 Å². The average molecular weight is 530 g/mol. The lowest BCUT2D eigenvalue weighted by atomic mass is 9.82. The molecule has 1 N–H and O–H groups in total. The maximum Gasteiger partial charge on any atom is 0.193 e. The number of nitrogens with zero attached hydrogens (tertiary/aromatic N) is 2. The van der Waals surface area contributed by atoms with E-state index in [9.17, 15) is 0 Å². The Labute approximate surface area is 200 Å². The van der Waals surface area contributed by atoms with E-state index < -0.39 is 0 Å². The highest BCUT2D eigenvalue weighted by atomic mass is 127. The van der Waals surface area contributed by atoms with Crippen LogP contribution >= 0.6 is 24.0 Å². The van der Waals surface area contributed by atoms with Gasteiger partial charge in [-0.2, -0.15) is 0 Å². The van der Waals surface area contributed by atoms with Gasteiger partial charge in [0.1, 0.15) is 0 Å². The van der Waals surface area contributed by atoms with Crippen molar-refractivity contribution >= 4 is 29.9 Å². The second-order valence-corrected chi connectivity index (χ2v) is 8.45. The Morgan fingerprint density at radius 3 is 2.67 bits per heavy atom. The zero-order valence-corrected chi connectivity index (χ0v) is 21.1. The second-order valence-electron chi connectivity index (χ2n) is 8.45. The van der Waals surface area contributed by atoms with Gasteiger partial charge >= 0.3 is 0 Å². The molecule has 3 rings (SSSR count). The second kappa shape index (κ2) is 14.2. The lowest BCUT2D eigenvalue weighted by Gasteiger charge is -2.39. The van der Waals surface area contributed by atoms with E-state index in [-0.39, 0.29) is 24.0 Å². The Hall–Kier alpha value is -0.860. The molecule has 0 aliphatic carbocycles. The predicted molar refractivity (Wildman–Crippen MR) is 135 cm³/mol. The van der Waals surface area contributed by atoms with Gasteiger partial charge in [0.05, 0.1) is 0 Å². The first-order chi connectivity index (χ1) is 14.3. The van der Waals surface area contributed by atoms with E-state index in [0.29, 0.717) is 17.8 Å². The van der Waals surface area contributed by atoms with E-state index in [1.54, 1.807) is 0 Å². The number of likely N-dealkylation sites (tertiary alicyclic amines) is 1. The summed E-state index contributed by atoms with van der Waals surface area (Å²) in [6, 6.07) is 11.0. The molecule has 2 aliphatic heterocycles. The van der Waals surface area contributed by atoms with Crippen molar-refractivity contribution in [3.63, 3.8) is 0 Å². The van der Waals surface area contributed by atoms with Gasteiger partial charge in [0, 0.05) is 52.6 Å². The standard InChI is InChI=1S/C24H39N3O2.HI/c1-3-25-24(26-13-7-15-29-19-21-11-16-28-17-12-21)27-14-10-23(20(2)18-27)22-8-5-4-6-9-22;/h4-6,8-9,20-21,23H,3,7,10-19H2,1-2H3,(H,25,26);1H. The molecule has 0 radical (unpaired) electrons. The van der Waals surface area contributed by atoms with Crippen LogP contribution in [0.15, 0.2) is 35.3 Å². The van der Waals surface area contributed by atoms with E-state index in [1.807, 2.05) is 0 Å². The van der Waals surface area contributed by atoms with Crippen molar-refractivity contribution in [2.45, 2.75) is 45.4 Å². The van der Waals surface area contributed by atoms with Crippen LogP contribution in [0, 0.1) is 11.8 Å². The van der Waals surface area contributed by atoms with E-state index in [4.69, 9.17) is 14.5 Å². The normalized spacial score (nSPS) is 23.1. The fourth-order valence-corrected chi connectivity index (χ4v) is 4.47. The number of benzene rings is 1. The molecule has 0 spiro atoms. The van der Waals surface area contributed by atoms with Crippen LogP contribution in [0.4, 0.5) is 0 Å². The van der Waals surface area contributed by atoms with E-state index >= 15 is 0 Å². The van der Waals surface area contributed by atoms with Crippen LogP contribution in [-0.2, 0) is 9.47 Å². The van der Waals surface area contributed by atoms with Crippen molar-refractivity contribution in [2.75, 3.05) is 52.6 Å². The summed E-state index contributed by atoms with van der Waals surface area (Å²) in [6.07, 6.45) is 4.44. The third-order valence-electron chi connectivity index (χ3n) is 6.17. The fraction of sp³-hybridized carbons (Fsp3) is 0.708. The molecular formula is C24H40IN3O2. The number of aliphatic imine (C=N–C) groups is 1. The topological polar surface area (TPSA) is 46.1 Å². The third kappa shape index (κ3) is 8.00. The van der Waals surface area contributed by atoms with Crippen LogP contribution in [-0.4, -0.2) is 63.5 Å². The number of hydrogen-bond donors (Lipinski definition) is 1. The molecule has 2 unspecified atom stereocenters. The number of nitrogens with one attached hydrogen (secondary N) is 1. The van der Waals surface area contributed by atoms with Gasteiger partial charge in [-0.3, -0.25) is 4.99 Å². The van der Waals surface area contributed by atoms with Crippen molar-refractivity contribution in [1.82, 2.24) is 10.2 Å². The molecular weight excluding hydrogens is 489 g/mol. The number of hydrogen-bond acceptors (Lipinski definition) is 3. The number of ether oxygens (including phenoxy) is 2. The van der Waals surface area contributed by atoms with E-state index in [0.717, 1.165) is 77.8 Å². The molecule has 6 heteroatoms. The summed E-state index contributed by atoms with van der Waals surface area (Å²) in [6.45, 7) is 11.8.